The molecular formula is C14H30N2O. The van der Waals surface area contributed by atoms with Crippen LogP contribution in [-0.2, 0) is 4.79 Å². The van der Waals surface area contributed by atoms with Gasteiger partial charge in [-0.25, -0.2) is 0 Å². The van der Waals surface area contributed by atoms with E-state index in [1.165, 1.54) is 0 Å². The summed E-state index contributed by atoms with van der Waals surface area (Å²) in [6.45, 7) is 14.6. The molecular weight excluding hydrogens is 212 g/mol. The van der Waals surface area contributed by atoms with Crippen molar-refractivity contribution in [3.8, 4) is 0 Å². The van der Waals surface area contributed by atoms with Gasteiger partial charge in [0.25, 0.3) is 0 Å². The van der Waals surface area contributed by atoms with Gasteiger partial charge in [0.05, 0.1) is 0 Å². The Bertz CT molecular complexity index is 251. The lowest BCUT2D eigenvalue weighted by Crippen LogP contribution is -2.54. The molecule has 0 saturated heterocycles. The fourth-order valence-corrected chi connectivity index (χ4v) is 1.96. The third kappa shape index (κ3) is 7.37. The lowest BCUT2D eigenvalue weighted by molar-refractivity contribution is -0.123. The quantitative estimate of drug-likeness (QED) is 0.779. The van der Waals surface area contributed by atoms with E-state index in [9.17, 15) is 4.79 Å². The van der Waals surface area contributed by atoms with Crippen LogP contribution in [0, 0.1) is 11.3 Å². The average molecular weight is 242 g/mol. The second-order valence-electron chi connectivity index (χ2n) is 7.13. The molecule has 17 heavy (non-hydrogen) atoms. The maximum atomic E-state index is 11.9. The van der Waals surface area contributed by atoms with Crippen LogP contribution in [0.2, 0.25) is 0 Å². The second-order valence-corrected chi connectivity index (χ2v) is 7.13. The topological polar surface area (TPSA) is 55.1 Å². The molecule has 0 saturated carbocycles. The zero-order chi connectivity index (χ0) is 13.9. The third-order valence-electron chi connectivity index (χ3n) is 3.09. The van der Waals surface area contributed by atoms with Gasteiger partial charge in [0.15, 0.2) is 0 Å². The molecule has 102 valence electrons. The summed E-state index contributed by atoms with van der Waals surface area (Å²) >= 11 is 0. The summed E-state index contributed by atoms with van der Waals surface area (Å²) in [6, 6.07) is -0.0515. The van der Waals surface area contributed by atoms with Gasteiger partial charge in [0, 0.05) is 18.0 Å². The molecule has 3 N–H and O–H groups in total. The predicted molar refractivity (Wildman–Crippen MR) is 73.7 cm³/mol. The summed E-state index contributed by atoms with van der Waals surface area (Å²) in [5.74, 6) is 0.503. The first-order chi connectivity index (χ1) is 7.44. The minimum atomic E-state index is -0.335. The van der Waals surface area contributed by atoms with Crippen LogP contribution in [0.4, 0.5) is 0 Å². The number of carbonyl (C=O) groups is 1. The van der Waals surface area contributed by atoms with Gasteiger partial charge in [0.2, 0.25) is 5.91 Å². The fraction of sp³-hybridized carbons (Fsp3) is 0.929. The van der Waals surface area contributed by atoms with E-state index in [0.29, 0.717) is 12.3 Å². The van der Waals surface area contributed by atoms with Crippen molar-refractivity contribution >= 4 is 5.91 Å². The van der Waals surface area contributed by atoms with Crippen molar-refractivity contribution < 1.29 is 4.79 Å². The SMILES string of the molecule is CC(CC(=O)NC(C)(C)C(C)N)CC(C)(C)C. The average Bonchev–Trinajstić information content (AvgIpc) is 1.96. The van der Waals surface area contributed by atoms with E-state index in [1.807, 2.05) is 20.8 Å². The van der Waals surface area contributed by atoms with E-state index in [2.05, 4.69) is 33.0 Å². The van der Waals surface area contributed by atoms with Crippen LogP contribution in [0.15, 0.2) is 0 Å². The molecule has 0 heterocycles. The van der Waals surface area contributed by atoms with Crippen molar-refractivity contribution in [2.24, 2.45) is 17.1 Å². The Morgan fingerprint density at radius 2 is 1.65 bits per heavy atom. The van der Waals surface area contributed by atoms with E-state index >= 15 is 0 Å². The predicted octanol–water partition coefficient (Wildman–Crippen LogP) is 2.69. The van der Waals surface area contributed by atoms with Gasteiger partial charge in [-0.1, -0.05) is 27.7 Å². The van der Waals surface area contributed by atoms with Gasteiger partial charge in [0.1, 0.15) is 0 Å². The maximum Gasteiger partial charge on any atom is 0.220 e. The molecule has 0 aromatic rings. The second kappa shape index (κ2) is 5.85. The Morgan fingerprint density at radius 3 is 2.00 bits per heavy atom. The first-order valence-corrected chi connectivity index (χ1v) is 6.50. The summed E-state index contributed by atoms with van der Waals surface area (Å²) in [5, 5.41) is 3.01. The van der Waals surface area contributed by atoms with E-state index in [0.717, 1.165) is 6.42 Å². The number of amides is 1. The van der Waals surface area contributed by atoms with Crippen LogP contribution in [-0.4, -0.2) is 17.5 Å². The smallest absolute Gasteiger partial charge is 0.220 e. The molecule has 2 unspecified atom stereocenters. The van der Waals surface area contributed by atoms with Crippen molar-refractivity contribution in [1.82, 2.24) is 5.32 Å². The molecule has 0 fully saturated rings. The Morgan fingerprint density at radius 1 is 1.18 bits per heavy atom. The van der Waals surface area contributed by atoms with Crippen LogP contribution in [0.5, 0.6) is 0 Å². The van der Waals surface area contributed by atoms with E-state index in [-0.39, 0.29) is 22.9 Å². The highest BCUT2D eigenvalue weighted by Crippen LogP contribution is 2.26. The molecule has 0 radical (unpaired) electrons. The maximum absolute atomic E-state index is 11.9. The summed E-state index contributed by atoms with van der Waals surface area (Å²) in [7, 11) is 0. The molecule has 0 aromatic carbocycles. The Kier molecular flexibility index (Phi) is 5.66. The van der Waals surface area contributed by atoms with E-state index in [1.54, 1.807) is 0 Å². The van der Waals surface area contributed by atoms with Crippen LogP contribution < -0.4 is 11.1 Å². The van der Waals surface area contributed by atoms with E-state index < -0.39 is 0 Å². The number of hydrogen-bond donors (Lipinski definition) is 2. The summed E-state index contributed by atoms with van der Waals surface area (Å²) in [5.41, 5.74) is 5.78. The van der Waals surface area contributed by atoms with E-state index in [4.69, 9.17) is 5.73 Å². The van der Waals surface area contributed by atoms with Crippen molar-refractivity contribution in [2.75, 3.05) is 0 Å². The van der Waals surface area contributed by atoms with Crippen LogP contribution >= 0.6 is 0 Å². The summed E-state index contributed by atoms with van der Waals surface area (Å²) in [4.78, 5) is 11.9. The molecule has 0 aromatic heterocycles. The minimum absolute atomic E-state index is 0.0515. The van der Waals surface area contributed by atoms with Crippen LogP contribution in [0.25, 0.3) is 0 Å². The molecule has 0 bridgehead atoms. The molecule has 0 aliphatic carbocycles. The third-order valence-corrected chi connectivity index (χ3v) is 3.09. The monoisotopic (exact) mass is 242 g/mol. The number of hydrogen-bond acceptors (Lipinski definition) is 2. The van der Waals surface area contributed by atoms with Crippen molar-refractivity contribution in [3.63, 3.8) is 0 Å². The number of nitrogens with one attached hydrogen (secondary N) is 1. The van der Waals surface area contributed by atoms with Gasteiger partial charge in [-0.05, 0) is 38.5 Å². The molecule has 1 amide bonds. The summed E-state index contributed by atoms with van der Waals surface area (Å²) in [6.07, 6.45) is 1.63. The van der Waals surface area contributed by atoms with Crippen molar-refractivity contribution in [2.45, 2.75) is 72.9 Å². The minimum Gasteiger partial charge on any atom is -0.350 e. The highest BCUT2D eigenvalue weighted by atomic mass is 16.1. The first kappa shape index (κ1) is 16.4. The standard InChI is InChI=1S/C14H30N2O/c1-10(9-13(3,4)5)8-12(17)16-14(6,7)11(2)15/h10-11H,8-9,15H2,1-7H3,(H,16,17). The molecule has 0 aliphatic heterocycles. The first-order valence-electron chi connectivity index (χ1n) is 6.50. The molecule has 3 heteroatoms. The summed E-state index contributed by atoms with van der Waals surface area (Å²) < 4.78 is 0. The lowest BCUT2D eigenvalue weighted by atomic mass is 9.84. The van der Waals surface area contributed by atoms with Crippen molar-refractivity contribution in [3.05, 3.63) is 0 Å². The van der Waals surface area contributed by atoms with Gasteiger partial charge in [-0.3, -0.25) is 4.79 Å². The molecule has 0 aliphatic rings. The highest BCUT2D eigenvalue weighted by molar-refractivity contribution is 5.77. The fourth-order valence-electron chi connectivity index (χ4n) is 1.96. The number of carbonyl (C=O) groups excluding carboxylic acids is 1. The van der Waals surface area contributed by atoms with Crippen molar-refractivity contribution in [1.29, 1.82) is 0 Å². The zero-order valence-electron chi connectivity index (χ0n) is 12.6. The Labute approximate surface area is 107 Å². The Balaban J connectivity index is 4.20. The zero-order valence-corrected chi connectivity index (χ0v) is 12.6. The van der Waals surface area contributed by atoms with Gasteiger partial charge >= 0.3 is 0 Å². The molecule has 0 rings (SSSR count). The highest BCUT2D eigenvalue weighted by Gasteiger charge is 2.26. The van der Waals surface area contributed by atoms with Gasteiger partial charge in [-0.15, -0.1) is 0 Å². The van der Waals surface area contributed by atoms with Crippen LogP contribution in [0.1, 0.15) is 61.3 Å². The number of rotatable bonds is 5. The molecule has 2 atom stereocenters. The normalized spacial score (nSPS) is 16.5. The Hall–Kier alpha value is -0.570. The lowest BCUT2D eigenvalue weighted by Gasteiger charge is -2.31. The van der Waals surface area contributed by atoms with Gasteiger partial charge < -0.3 is 11.1 Å². The molecule has 3 nitrogen and oxygen atoms in total. The van der Waals surface area contributed by atoms with Gasteiger partial charge in [-0.2, -0.15) is 0 Å². The largest absolute Gasteiger partial charge is 0.350 e. The number of nitrogens with two attached hydrogens (primary N) is 1. The molecule has 0 spiro atoms. The van der Waals surface area contributed by atoms with Crippen LogP contribution in [0.3, 0.4) is 0 Å².